The number of carbonyl (C=O) groups excluding carboxylic acids is 1. The van der Waals surface area contributed by atoms with Crippen molar-refractivity contribution in [1.82, 2.24) is 20.2 Å². The minimum Gasteiger partial charge on any atom is -0.496 e. The van der Waals surface area contributed by atoms with Crippen molar-refractivity contribution in [2.75, 3.05) is 13.7 Å². The molecule has 0 aliphatic carbocycles. The molecule has 0 bridgehead atoms. The fourth-order valence-electron chi connectivity index (χ4n) is 2.54. The molecule has 0 spiro atoms. The third kappa shape index (κ3) is 6.34. The van der Waals surface area contributed by atoms with E-state index in [-0.39, 0.29) is 13.2 Å². The molecule has 12 heteroatoms. The normalized spacial score (nSPS) is 10.8. The summed E-state index contributed by atoms with van der Waals surface area (Å²) in [5.74, 6) is 0.229. The average Bonchev–Trinajstić information content (AvgIpc) is 3.21. The Balaban J connectivity index is 1.60. The second-order valence-electron chi connectivity index (χ2n) is 6.11. The van der Waals surface area contributed by atoms with Gasteiger partial charge in [-0.25, -0.2) is 5.43 Å². The van der Waals surface area contributed by atoms with Crippen molar-refractivity contribution in [1.29, 1.82) is 0 Å². The van der Waals surface area contributed by atoms with E-state index in [1.165, 1.54) is 24.3 Å². The molecule has 1 aromatic heterocycles. The number of carbonyl (C=O) groups is 1. The van der Waals surface area contributed by atoms with Crippen LogP contribution in [0.4, 0.5) is 5.95 Å². The van der Waals surface area contributed by atoms with Crippen LogP contribution in [0, 0.1) is 10.1 Å². The van der Waals surface area contributed by atoms with Gasteiger partial charge in [0.05, 0.1) is 19.9 Å². The lowest BCUT2D eigenvalue weighted by Crippen LogP contribution is -2.24. The van der Waals surface area contributed by atoms with Gasteiger partial charge in [-0.05, 0) is 46.9 Å². The molecule has 0 radical (unpaired) electrons. The van der Waals surface area contributed by atoms with E-state index in [9.17, 15) is 14.9 Å². The van der Waals surface area contributed by atoms with Gasteiger partial charge in [-0.3, -0.25) is 4.79 Å². The van der Waals surface area contributed by atoms with Crippen molar-refractivity contribution >= 4 is 34.0 Å². The summed E-state index contributed by atoms with van der Waals surface area (Å²) in [4.78, 5) is 25.6. The average molecular weight is 489 g/mol. The number of benzene rings is 2. The molecule has 11 nitrogen and oxygen atoms in total. The number of aromatic nitrogens is 3. The molecule has 1 heterocycles. The van der Waals surface area contributed by atoms with Crippen LogP contribution in [0.25, 0.3) is 0 Å². The SMILES string of the molecule is COc1ccc(/C=N/NC(=O)COc2cccc(Br)c2)cc1Cn1cnc([N+](=O)[O-])n1. The van der Waals surface area contributed by atoms with Gasteiger partial charge in [-0.1, -0.05) is 27.0 Å². The molecule has 0 unspecified atom stereocenters. The predicted molar refractivity (Wildman–Crippen MR) is 114 cm³/mol. The lowest BCUT2D eigenvalue weighted by molar-refractivity contribution is -0.394. The summed E-state index contributed by atoms with van der Waals surface area (Å²) < 4.78 is 12.9. The maximum absolute atomic E-state index is 11.9. The molecule has 0 saturated heterocycles. The summed E-state index contributed by atoms with van der Waals surface area (Å²) in [6.07, 6.45) is 2.73. The minimum atomic E-state index is -0.667. The first-order valence-electron chi connectivity index (χ1n) is 8.85. The van der Waals surface area contributed by atoms with Gasteiger partial charge in [0.15, 0.2) is 6.61 Å². The maximum Gasteiger partial charge on any atom is 0.490 e. The largest absolute Gasteiger partial charge is 0.496 e. The first-order valence-corrected chi connectivity index (χ1v) is 9.65. The summed E-state index contributed by atoms with van der Waals surface area (Å²) >= 11 is 3.33. The van der Waals surface area contributed by atoms with Crippen LogP contribution < -0.4 is 14.9 Å². The molecule has 1 amide bonds. The standard InChI is InChI=1S/C19H17BrN6O5/c1-30-17-6-5-13(7-14(17)10-25-12-21-19(24-25)26(28)29)9-22-23-18(27)11-31-16-4-2-3-15(20)8-16/h2-9,12H,10-11H2,1H3,(H,23,27)/b22-9+. The van der Waals surface area contributed by atoms with E-state index in [1.54, 1.807) is 36.4 Å². The van der Waals surface area contributed by atoms with Crippen molar-refractivity contribution in [3.8, 4) is 11.5 Å². The first kappa shape index (κ1) is 21.9. The fourth-order valence-corrected chi connectivity index (χ4v) is 2.92. The van der Waals surface area contributed by atoms with Crippen LogP contribution in [-0.2, 0) is 11.3 Å². The monoisotopic (exact) mass is 488 g/mol. The molecular formula is C19H17BrN6O5. The predicted octanol–water partition coefficient (Wildman–Crippen LogP) is 2.53. The summed E-state index contributed by atoms with van der Waals surface area (Å²) in [6, 6.07) is 12.4. The topological polar surface area (TPSA) is 134 Å². The van der Waals surface area contributed by atoms with E-state index >= 15 is 0 Å². The van der Waals surface area contributed by atoms with Crippen LogP contribution in [-0.4, -0.2) is 45.5 Å². The fraction of sp³-hybridized carbons (Fsp3) is 0.158. The highest BCUT2D eigenvalue weighted by molar-refractivity contribution is 9.10. The third-order valence-corrected chi connectivity index (χ3v) is 4.39. The number of amides is 1. The minimum absolute atomic E-state index is 0.188. The zero-order chi connectivity index (χ0) is 22.2. The van der Waals surface area contributed by atoms with Gasteiger partial charge < -0.3 is 19.6 Å². The summed E-state index contributed by atoms with van der Waals surface area (Å²) in [5.41, 5.74) is 3.77. The van der Waals surface area contributed by atoms with Crippen molar-refractivity contribution in [2.45, 2.75) is 6.54 Å². The molecule has 2 aromatic carbocycles. The molecule has 1 N–H and O–H groups in total. The molecule has 31 heavy (non-hydrogen) atoms. The number of nitro groups is 1. The molecular weight excluding hydrogens is 472 g/mol. The van der Waals surface area contributed by atoms with E-state index in [2.05, 4.69) is 36.5 Å². The zero-order valence-corrected chi connectivity index (χ0v) is 17.9. The van der Waals surface area contributed by atoms with Gasteiger partial charge in [0, 0.05) is 15.1 Å². The van der Waals surface area contributed by atoms with Gasteiger partial charge >= 0.3 is 5.95 Å². The van der Waals surface area contributed by atoms with Crippen LogP contribution in [0.5, 0.6) is 11.5 Å². The number of methoxy groups -OCH3 is 1. The number of hydrazone groups is 1. The highest BCUT2D eigenvalue weighted by Crippen LogP contribution is 2.21. The van der Waals surface area contributed by atoms with Crippen molar-refractivity contribution in [3.05, 3.63) is 74.5 Å². The Labute approximate surface area is 185 Å². The van der Waals surface area contributed by atoms with Gasteiger partial charge in [0.1, 0.15) is 11.5 Å². The van der Waals surface area contributed by atoms with E-state index < -0.39 is 16.8 Å². The van der Waals surface area contributed by atoms with E-state index in [0.717, 1.165) is 4.47 Å². The Morgan fingerprint density at radius 3 is 2.90 bits per heavy atom. The van der Waals surface area contributed by atoms with Crippen LogP contribution in [0.2, 0.25) is 0 Å². The lowest BCUT2D eigenvalue weighted by atomic mass is 10.1. The Hall–Kier alpha value is -3.80. The molecule has 160 valence electrons. The second kappa shape index (κ2) is 10.3. The molecule has 0 fully saturated rings. The molecule has 0 aliphatic rings. The smallest absolute Gasteiger partial charge is 0.490 e. The number of nitrogens with one attached hydrogen (secondary N) is 1. The number of rotatable bonds is 9. The summed E-state index contributed by atoms with van der Waals surface area (Å²) in [7, 11) is 1.52. The zero-order valence-electron chi connectivity index (χ0n) is 16.3. The van der Waals surface area contributed by atoms with E-state index in [4.69, 9.17) is 9.47 Å². The molecule has 0 atom stereocenters. The molecule has 0 aliphatic heterocycles. The Morgan fingerprint density at radius 2 is 2.19 bits per heavy atom. The van der Waals surface area contributed by atoms with Crippen LogP contribution in [0.1, 0.15) is 11.1 Å². The first-order chi connectivity index (χ1) is 14.9. The Bertz CT molecular complexity index is 1120. The number of hydrogen-bond acceptors (Lipinski definition) is 8. The van der Waals surface area contributed by atoms with Gasteiger partial charge in [-0.2, -0.15) is 9.78 Å². The van der Waals surface area contributed by atoms with Crippen LogP contribution in [0.15, 0.2) is 58.4 Å². The summed E-state index contributed by atoms with van der Waals surface area (Å²) in [5, 5.41) is 18.5. The van der Waals surface area contributed by atoms with Gasteiger partial charge in [-0.15, -0.1) is 0 Å². The number of halogens is 1. The van der Waals surface area contributed by atoms with Crippen molar-refractivity contribution in [3.63, 3.8) is 0 Å². The van der Waals surface area contributed by atoms with Crippen LogP contribution >= 0.6 is 15.9 Å². The van der Waals surface area contributed by atoms with Gasteiger partial charge in [0.2, 0.25) is 6.33 Å². The second-order valence-corrected chi connectivity index (χ2v) is 7.03. The van der Waals surface area contributed by atoms with E-state index in [0.29, 0.717) is 22.6 Å². The Morgan fingerprint density at radius 1 is 1.35 bits per heavy atom. The lowest BCUT2D eigenvalue weighted by Gasteiger charge is -2.08. The number of ether oxygens (including phenoxy) is 2. The maximum atomic E-state index is 11.9. The highest BCUT2D eigenvalue weighted by atomic mass is 79.9. The highest BCUT2D eigenvalue weighted by Gasteiger charge is 2.15. The summed E-state index contributed by atoms with van der Waals surface area (Å²) in [6.45, 7) is 0.0191. The Kier molecular flexibility index (Phi) is 7.27. The molecule has 0 saturated carbocycles. The number of nitrogens with zero attached hydrogens (tertiary/aromatic N) is 5. The van der Waals surface area contributed by atoms with Crippen molar-refractivity contribution < 1.29 is 19.2 Å². The number of hydrogen-bond donors (Lipinski definition) is 1. The van der Waals surface area contributed by atoms with Crippen LogP contribution in [0.3, 0.4) is 0 Å². The van der Waals surface area contributed by atoms with E-state index in [1.807, 2.05) is 6.07 Å². The quantitative estimate of drug-likeness (QED) is 0.277. The molecule has 3 rings (SSSR count). The van der Waals surface area contributed by atoms with Gasteiger partial charge in [0.25, 0.3) is 5.91 Å². The third-order valence-electron chi connectivity index (χ3n) is 3.89. The van der Waals surface area contributed by atoms with Crippen molar-refractivity contribution in [2.24, 2.45) is 5.10 Å². The molecule has 3 aromatic rings.